The molecule has 0 aromatic carbocycles. The molecule has 0 unspecified atom stereocenters. The molecule has 0 atom stereocenters. The van der Waals surface area contributed by atoms with Crippen LogP contribution < -0.4 is 5.48 Å². The average molecular weight is 156 g/mol. The summed E-state index contributed by atoms with van der Waals surface area (Å²) in [5, 5.41) is 3.82. The van der Waals surface area contributed by atoms with E-state index in [2.05, 4.69) is 10.6 Å². The van der Waals surface area contributed by atoms with E-state index in [0.29, 0.717) is 6.54 Å². The number of hydrogen-bond acceptors (Lipinski definition) is 4. The van der Waals surface area contributed by atoms with Gasteiger partial charge >= 0.3 is 0 Å². The molecule has 0 radical (unpaired) electrons. The second kappa shape index (κ2) is 4.10. The molecule has 0 aliphatic rings. The van der Waals surface area contributed by atoms with Gasteiger partial charge in [0.05, 0.1) is 19.3 Å². The van der Waals surface area contributed by atoms with Crippen LogP contribution in [-0.4, -0.2) is 12.3 Å². The fourth-order valence-electron chi connectivity index (χ4n) is 0.865. The molecule has 0 saturated heterocycles. The first-order valence-corrected chi connectivity index (χ1v) is 3.56. The lowest BCUT2D eigenvalue weighted by atomic mass is 10.2. The molecule has 0 amide bonds. The van der Waals surface area contributed by atoms with Gasteiger partial charge in [-0.1, -0.05) is 12.1 Å². The van der Waals surface area contributed by atoms with Crippen LogP contribution >= 0.6 is 0 Å². The number of nitrogens with zero attached hydrogens (tertiary/aromatic N) is 1. The summed E-state index contributed by atoms with van der Waals surface area (Å²) in [6, 6.07) is 0. The topological polar surface area (TPSA) is 47.3 Å². The minimum atomic E-state index is 0.642. The van der Waals surface area contributed by atoms with Crippen molar-refractivity contribution in [2.75, 3.05) is 7.11 Å². The van der Waals surface area contributed by atoms with Crippen LogP contribution in [0.15, 0.2) is 10.8 Å². The fourth-order valence-corrected chi connectivity index (χ4v) is 0.865. The Bertz CT molecular complexity index is 210. The van der Waals surface area contributed by atoms with Gasteiger partial charge in [-0.2, -0.15) is 5.48 Å². The Hall–Kier alpha value is -0.870. The van der Waals surface area contributed by atoms with E-state index in [1.807, 2.05) is 6.92 Å². The van der Waals surface area contributed by atoms with Gasteiger partial charge in [0.2, 0.25) is 0 Å². The lowest BCUT2D eigenvalue weighted by molar-refractivity contribution is 0.0864. The van der Waals surface area contributed by atoms with E-state index < -0.39 is 0 Å². The molecular formula is C7H12N2O2. The molecule has 4 nitrogen and oxygen atoms in total. The normalized spacial score (nSPS) is 10.4. The molecule has 0 saturated carbocycles. The van der Waals surface area contributed by atoms with E-state index in [9.17, 15) is 0 Å². The Morgan fingerprint density at radius 3 is 3.18 bits per heavy atom. The van der Waals surface area contributed by atoms with Crippen molar-refractivity contribution in [1.82, 2.24) is 10.6 Å². The highest BCUT2D eigenvalue weighted by Gasteiger charge is 2.03. The molecule has 1 heterocycles. The molecule has 62 valence electrons. The van der Waals surface area contributed by atoms with Gasteiger partial charge in [-0.3, -0.25) is 0 Å². The maximum absolute atomic E-state index is 4.79. The highest BCUT2D eigenvalue weighted by Crippen LogP contribution is 2.06. The highest BCUT2D eigenvalue weighted by atomic mass is 16.6. The molecule has 0 bridgehead atoms. The summed E-state index contributed by atoms with van der Waals surface area (Å²) in [5.41, 5.74) is 4.76. The van der Waals surface area contributed by atoms with Crippen LogP contribution in [0.5, 0.6) is 0 Å². The first-order valence-electron chi connectivity index (χ1n) is 3.56. The molecule has 0 spiro atoms. The predicted molar refractivity (Wildman–Crippen MR) is 39.7 cm³/mol. The molecule has 1 aromatic rings. The minimum absolute atomic E-state index is 0.642. The number of rotatable bonds is 4. The molecule has 0 aliphatic heterocycles. The van der Waals surface area contributed by atoms with E-state index in [0.717, 1.165) is 17.7 Å². The summed E-state index contributed by atoms with van der Waals surface area (Å²) in [5.74, 6) is 0. The van der Waals surface area contributed by atoms with Crippen LogP contribution in [0.3, 0.4) is 0 Å². The molecule has 1 N–H and O–H groups in total. The van der Waals surface area contributed by atoms with Crippen molar-refractivity contribution in [2.45, 2.75) is 19.9 Å². The second-order valence-corrected chi connectivity index (χ2v) is 2.17. The summed E-state index contributed by atoms with van der Waals surface area (Å²) in [4.78, 5) is 4.70. The second-order valence-electron chi connectivity index (χ2n) is 2.17. The zero-order chi connectivity index (χ0) is 8.10. The van der Waals surface area contributed by atoms with Crippen molar-refractivity contribution in [3.05, 3.63) is 17.5 Å². The highest BCUT2D eigenvalue weighted by molar-refractivity contribution is 5.13. The number of aromatic nitrogens is 1. The molecule has 4 heteroatoms. The summed E-state index contributed by atoms with van der Waals surface area (Å²) >= 11 is 0. The Labute approximate surface area is 65.5 Å². The van der Waals surface area contributed by atoms with Gasteiger partial charge in [0, 0.05) is 5.56 Å². The molecule has 0 fully saturated rings. The standard InChI is InChI=1S/C7H12N2O2/c1-3-7-6(4-8-10-2)5-11-9-7/h5,8H,3-4H2,1-2H3. The van der Waals surface area contributed by atoms with Gasteiger partial charge in [-0.25, -0.2) is 0 Å². The van der Waals surface area contributed by atoms with Crippen LogP contribution in [0.1, 0.15) is 18.2 Å². The Morgan fingerprint density at radius 2 is 2.55 bits per heavy atom. The van der Waals surface area contributed by atoms with E-state index in [4.69, 9.17) is 9.36 Å². The molecule has 0 aliphatic carbocycles. The Morgan fingerprint density at radius 1 is 1.73 bits per heavy atom. The summed E-state index contributed by atoms with van der Waals surface area (Å²) < 4.78 is 4.79. The number of hydrogen-bond donors (Lipinski definition) is 1. The largest absolute Gasteiger partial charge is 0.364 e. The van der Waals surface area contributed by atoms with E-state index >= 15 is 0 Å². The predicted octanol–water partition coefficient (Wildman–Crippen LogP) is 0.888. The first kappa shape index (κ1) is 8.23. The van der Waals surface area contributed by atoms with E-state index in [1.165, 1.54) is 0 Å². The van der Waals surface area contributed by atoms with Crippen LogP contribution in [-0.2, 0) is 17.8 Å². The fraction of sp³-hybridized carbons (Fsp3) is 0.571. The molecule has 1 rings (SSSR count). The Balaban J connectivity index is 2.54. The van der Waals surface area contributed by atoms with Gasteiger partial charge in [0.1, 0.15) is 6.26 Å². The first-order chi connectivity index (χ1) is 5.38. The SMILES string of the molecule is CCc1nocc1CNOC. The van der Waals surface area contributed by atoms with Gasteiger partial charge in [-0.15, -0.1) is 0 Å². The third kappa shape index (κ3) is 2.03. The average Bonchev–Trinajstić information content (AvgIpc) is 2.47. The number of hydroxylamine groups is 1. The van der Waals surface area contributed by atoms with E-state index in [-0.39, 0.29) is 0 Å². The lowest BCUT2D eigenvalue weighted by Crippen LogP contribution is -2.11. The minimum Gasteiger partial charge on any atom is -0.364 e. The third-order valence-electron chi connectivity index (χ3n) is 1.47. The lowest BCUT2D eigenvalue weighted by Gasteiger charge is -1.98. The monoisotopic (exact) mass is 156 g/mol. The van der Waals surface area contributed by atoms with Crippen molar-refractivity contribution in [1.29, 1.82) is 0 Å². The molecule has 1 aromatic heterocycles. The van der Waals surface area contributed by atoms with Crippen LogP contribution in [0.4, 0.5) is 0 Å². The van der Waals surface area contributed by atoms with Gasteiger partial charge in [-0.05, 0) is 6.42 Å². The van der Waals surface area contributed by atoms with Crippen molar-refractivity contribution in [3.63, 3.8) is 0 Å². The maximum atomic E-state index is 4.79. The van der Waals surface area contributed by atoms with Crippen LogP contribution in [0.25, 0.3) is 0 Å². The summed E-state index contributed by atoms with van der Waals surface area (Å²) in [6.07, 6.45) is 2.52. The van der Waals surface area contributed by atoms with Crippen LogP contribution in [0, 0.1) is 0 Å². The smallest absolute Gasteiger partial charge is 0.128 e. The molecule has 11 heavy (non-hydrogen) atoms. The number of nitrogens with one attached hydrogen (secondary N) is 1. The quantitative estimate of drug-likeness (QED) is 0.657. The van der Waals surface area contributed by atoms with Crippen LogP contribution in [0.2, 0.25) is 0 Å². The van der Waals surface area contributed by atoms with Crippen molar-refractivity contribution in [2.24, 2.45) is 0 Å². The Kier molecular flexibility index (Phi) is 3.07. The van der Waals surface area contributed by atoms with Gasteiger partial charge in [0.15, 0.2) is 0 Å². The van der Waals surface area contributed by atoms with E-state index in [1.54, 1.807) is 13.4 Å². The zero-order valence-electron chi connectivity index (χ0n) is 6.76. The van der Waals surface area contributed by atoms with Crippen molar-refractivity contribution in [3.8, 4) is 0 Å². The zero-order valence-corrected chi connectivity index (χ0v) is 6.76. The summed E-state index contributed by atoms with van der Waals surface area (Å²) in [6.45, 7) is 2.68. The van der Waals surface area contributed by atoms with Crippen molar-refractivity contribution >= 4 is 0 Å². The number of aryl methyl sites for hydroxylation is 1. The van der Waals surface area contributed by atoms with Gasteiger partial charge < -0.3 is 9.36 Å². The third-order valence-corrected chi connectivity index (χ3v) is 1.47. The molecular weight excluding hydrogens is 144 g/mol. The van der Waals surface area contributed by atoms with Gasteiger partial charge in [0.25, 0.3) is 0 Å². The summed E-state index contributed by atoms with van der Waals surface area (Å²) in [7, 11) is 1.58. The maximum Gasteiger partial charge on any atom is 0.128 e. The van der Waals surface area contributed by atoms with Crippen molar-refractivity contribution < 1.29 is 9.36 Å².